The Morgan fingerprint density at radius 2 is 1.70 bits per heavy atom. The topological polar surface area (TPSA) is 36.3 Å². The molecule has 0 amide bonds. The molecule has 1 saturated heterocycles. The molecule has 1 aliphatic heterocycles. The Morgan fingerprint density at radius 3 is 2.42 bits per heavy atom. The maximum absolute atomic E-state index is 4.91. The number of rotatable bonds is 9. The zero-order valence-corrected chi connectivity index (χ0v) is 20.7. The molecule has 0 bridgehead atoms. The second kappa shape index (κ2) is 11.0. The van der Waals surface area contributed by atoms with Crippen molar-refractivity contribution in [3.63, 3.8) is 0 Å². The molecule has 0 atom stereocenters. The molecule has 1 fully saturated rings. The van der Waals surface area contributed by atoms with Crippen LogP contribution in [0.25, 0.3) is 5.69 Å². The highest BCUT2D eigenvalue weighted by Crippen LogP contribution is 2.23. The summed E-state index contributed by atoms with van der Waals surface area (Å²) in [6.45, 7) is 16.3. The number of para-hydroxylation sites is 1. The van der Waals surface area contributed by atoms with Crippen molar-refractivity contribution in [3.05, 3.63) is 77.1 Å². The van der Waals surface area contributed by atoms with E-state index in [2.05, 4.69) is 102 Å². The standard InChI is InChI=1S/C28H39N5/c1-22(2)19-27-20-25(30-33(27)26-10-6-5-7-11-26)21-29-13-14-31-15-17-32(18-16-31)28-12-8-9-23(3)24(28)4/h5-12,20,22,29H,13-19,21H2,1-4H3. The molecule has 3 aromatic rings. The van der Waals surface area contributed by atoms with Crippen LogP contribution in [0.5, 0.6) is 0 Å². The van der Waals surface area contributed by atoms with Crippen LogP contribution in [0, 0.1) is 19.8 Å². The minimum absolute atomic E-state index is 0.604. The quantitative estimate of drug-likeness (QED) is 0.489. The minimum atomic E-state index is 0.604. The Hall–Kier alpha value is -2.63. The smallest absolute Gasteiger partial charge is 0.0769 e. The molecular formula is C28H39N5. The number of nitrogens with zero attached hydrogens (tertiary/aromatic N) is 4. The van der Waals surface area contributed by atoms with E-state index in [1.165, 1.54) is 22.5 Å². The Morgan fingerprint density at radius 1 is 0.939 bits per heavy atom. The molecule has 0 spiro atoms. The van der Waals surface area contributed by atoms with E-state index in [1.54, 1.807) is 0 Å². The van der Waals surface area contributed by atoms with Gasteiger partial charge in [-0.25, -0.2) is 4.68 Å². The summed E-state index contributed by atoms with van der Waals surface area (Å²) in [4.78, 5) is 5.11. The van der Waals surface area contributed by atoms with E-state index in [-0.39, 0.29) is 0 Å². The van der Waals surface area contributed by atoms with Crippen LogP contribution in [0.3, 0.4) is 0 Å². The van der Waals surface area contributed by atoms with Crippen LogP contribution in [-0.4, -0.2) is 53.9 Å². The number of aromatic nitrogens is 2. The van der Waals surface area contributed by atoms with E-state index < -0.39 is 0 Å². The van der Waals surface area contributed by atoms with Crippen LogP contribution in [-0.2, 0) is 13.0 Å². The molecule has 0 unspecified atom stereocenters. The summed E-state index contributed by atoms with van der Waals surface area (Å²) in [6.07, 6.45) is 1.03. The molecule has 1 aromatic heterocycles. The van der Waals surface area contributed by atoms with Crippen LogP contribution in [0.15, 0.2) is 54.6 Å². The second-order valence-electron chi connectivity index (χ2n) is 9.70. The third-order valence-corrected chi connectivity index (χ3v) is 6.65. The molecule has 5 heteroatoms. The summed E-state index contributed by atoms with van der Waals surface area (Å²) in [7, 11) is 0. The molecule has 4 rings (SSSR count). The van der Waals surface area contributed by atoms with E-state index in [0.29, 0.717) is 5.92 Å². The number of benzene rings is 2. The molecule has 2 aromatic carbocycles. The van der Waals surface area contributed by atoms with Gasteiger partial charge in [0, 0.05) is 57.2 Å². The number of piperazine rings is 1. The molecule has 176 valence electrons. The van der Waals surface area contributed by atoms with Gasteiger partial charge in [0.2, 0.25) is 0 Å². The molecule has 2 heterocycles. The number of hydrogen-bond acceptors (Lipinski definition) is 4. The Labute approximate surface area is 199 Å². The van der Waals surface area contributed by atoms with Gasteiger partial charge in [-0.3, -0.25) is 4.90 Å². The van der Waals surface area contributed by atoms with E-state index in [4.69, 9.17) is 5.10 Å². The maximum Gasteiger partial charge on any atom is 0.0769 e. The third-order valence-electron chi connectivity index (χ3n) is 6.65. The van der Waals surface area contributed by atoms with Crippen molar-refractivity contribution in [3.8, 4) is 5.69 Å². The highest BCUT2D eigenvalue weighted by atomic mass is 15.3. The largest absolute Gasteiger partial charge is 0.369 e. The second-order valence-corrected chi connectivity index (χ2v) is 9.70. The summed E-state index contributed by atoms with van der Waals surface area (Å²) in [5.74, 6) is 0.604. The first-order chi connectivity index (χ1) is 16.0. The number of aryl methyl sites for hydroxylation is 1. The van der Waals surface area contributed by atoms with Crippen molar-refractivity contribution >= 4 is 5.69 Å². The average molecular weight is 446 g/mol. The highest BCUT2D eigenvalue weighted by molar-refractivity contribution is 5.56. The van der Waals surface area contributed by atoms with Crippen molar-refractivity contribution in [1.29, 1.82) is 0 Å². The Balaban J connectivity index is 1.26. The van der Waals surface area contributed by atoms with Gasteiger partial charge in [0.25, 0.3) is 0 Å². The molecule has 33 heavy (non-hydrogen) atoms. The van der Waals surface area contributed by atoms with Gasteiger partial charge in [-0.15, -0.1) is 0 Å². The van der Waals surface area contributed by atoms with Crippen LogP contribution in [0.1, 0.15) is 36.4 Å². The van der Waals surface area contributed by atoms with Crippen molar-refractivity contribution in [2.75, 3.05) is 44.2 Å². The summed E-state index contributed by atoms with van der Waals surface area (Å²) in [5, 5.41) is 8.53. The van der Waals surface area contributed by atoms with Gasteiger partial charge in [0.05, 0.1) is 11.4 Å². The summed E-state index contributed by atoms with van der Waals surface area (Å²) >= 11 is 0. The first-order valence-corrected chi connectivity index (χ1v) is 12.4. The first-order valence-electron chi connectivity index (χ1n) is 12.4. The van der Waals surface area contributed by atoms with Crippen molar-refractivity contribution < 1.29 is 0 Å². The fourth-order valence-corrected chi connectivity index (χ4v) is 4.66. The normalized spacial score (nSPS) is 14.9. The lowest BCUT2D eigenvalue weighted by molar-refractivity contribution is 0.257. The lowest BCUT2D eigenvalue weighted by Gasteiger charge is -2.37. The molecule has 1 aliphatic rings. The van der Waals surface area contributed by atoms with Gasteiger partial charge in [-0.05, 0) is 61.6 Å². The Kier molecular flexibility index (Phi) is 7.84. The van der Waals surface area contributed by atoms with Crippen molar-refractivity contribution in [1.82, 2.24) is 20.0 Å². The van der Waals surface area contributed by atoms with Gasteiger partial charge < -0.3 is 10.2 Å². The molecule has 0 aliphatic carbocycles. The molecule has 1 N–H and O–H groups in total. The summed E-state index contributed by atoms with van der Waals surface area (Å²) in [6, 6.07) is 19.4. The highest BCUT2D eigenvalue weighted by Gasteiger charge is 2.18. The lowest BCUT2D eigenvalue weighted by Crippen LogP contribution is -2.48. The van der Waals surface area contributed by atoms with Crippen LogP contribution < -0.4 is 10.2 Å². The Bertz CT molecular complexity index is 1020. The fourth-order valence-electron chi connectivity index (χ4n) is 4.66. The van der Waals surface area contributed by atoms with Crippen LogP contribution >= 0.6 is 0 Å². The number of nitrogens with one attached hydrogen (secondary N) is 1. The first kappa shape index (κ1) is 23.5. The molecular weight excluding hydrogens is 406 g/mol. The SMILES string of the molecule is Cc1cccc(N2CCN(CCNCc3cc(CC(C)C)n(-c4ccccc4)n3)CC2)c1C. The van der Waals surface area contributed by atoms with Crippen LogP contribution in [0.4, 0.5) is 5.69 Å². The molecule has 0 saturated carbocycles. The van der Waals surface area contributed by atoms with Crippen molar-refractivity contribution in [2.45, 2.75) is 40.7 Å². The average Bonchev–Trinajstić information content (AvgIpc) is 3.21. The molecule has 5 nitrogen and oxygen atoms in total. The van der Waals surface area contributed by atoms with E-state index >= 15 is 0 Å². The van der Waals surface area contributed by atoms with Gasteiger partial charge in [-0.1, -0.05) is 44.2 Å². The monoisotopic (exact) mass is 445 g/mol. The van der Waals surface area contributed by atoms with Gasteiger partial charge >= 0.3 is 0 Å². The van der Waals surface area contributed by atoms with Gasteiger partial charge in [0.15, 0.2) is 0 Å². The predicted octanol–water partition coefficient (Wildman–Crippen LogP) is 4.60. The predicted molar refractivity (Wildman–Crippen MR) is 138 cm³/mol. The zero-order valence-electron chi connectivity index (χ0n) is 20.7. The van der Waals surface area contributed by atoms with E-state index in [1.807, 2.05) is 0 Å². The van der Waals surface area contributed by atoms with E-state index in [9.17, 15) is 0 Å². The van der Waals surface area contributed by atoms with Crippen LogP contribution in [0.2, 0.25) is 0 Å². The van der Waals surface area contributed by atoms with E-state index in [0.717, 1.165) is 63.6 Å². The lowest BCUT2D eigenvalue weighted by atomic mass is 10.1. The van der Waals surface area contributed by atoms with Gasteiger partial charge in [-0.2, -0.15) is 5.10 Å². The fraction of sp³-hybridized carbons (Fsp3) is 0.464. The number of anilines is 1. The maximum atomic E-state index is 4.91. The summed E-state index contributed by atoms with van der Waals surface area (Å²) < 4.78 is 2.11. The third kappa shape index (κ3) is 6.04. The zero-order chi connectivity index (χ0) is 23.2. The number of hydrogen-bond donors (Lipinski definition) is 1. The van der Waals surface area contributed by atoms with Gasteiger partial charge in [0.1, 0.15) is 0 Å². The van der Waals surface area contributed by atoms with Crippen molar-refractivity contribution in [2.24, 2.45) is 5.92 Å². The summed E-state index contributed by atoms with van der Waals surface area (Å²) in [5.41, 5.74) is 7.75. The molecule has 0 radical (unpaired) electrons. The minimum Gasteiger partial charge on any atom is -0.369 e.